The first-order valence-corrected chi connectivity index (χ1v) is 7.55. The van der Waals surface area contributed by atoms with Crippen LogP contribution in [0, 0.1) is 5.82 Å². The molecule has 0 spiro atoms. The van der Waals surface area contributed by atoms with Crippen molar-refractivity contribution < 1.29 is 18.7 Å². The van der Waals surface area contributed by atoms with Crippen molar-refractivity contribution in [2.45, 2.75) is 38.6 Å². The number of nitrogens with one attached hydrogen (secondary N) is 1. The lowest BCUT2D eigenvalue weighted by molar-refractivity contribution is -0.131. The number of imide groups is 1. The molecule has 0 aliphatic carbocycles. The lowest BCUT2D eigenvalue weighted by Crippen LogP contribution is -2.45. The molecule has 1 heterocycles. The Kier molecular flexibility index (Phi) is 5.00. The highest BCUT2D eigenvalue weighted by Crippen LogP contribution is 2.24. The van der Waals surface area contributed by atoms with Crippen molar-refractivity contribution in [2.75, 3.05) is 13.2 Å². The van der Waals surface area contributed by atoms with Gasteiger partial charge >= 0.3 is 6.03 Å². The van der Waals surface area contributed by atoms with E-state index in [9.17, 15) is 14.0 Å². The Morgan fingerprint density at radius 1 is 1.18 bits per heavy atom. The number of carbonyl (C=O) groups is 2. The van der Waals surface area contributed by atoms with E-state index in [1.807, 2.05) is 13.8 Å². The Morgan fingerprint density at radius 2 is 1.82 bits per heavy atom. The van der Waals surface area contributed by atoms with Gasteiger partial charge in [0.05, 0.1) is 6.61 Å². The van der Waals surface area contributed by atoms with Crippen LogP contribution in [0.1, 0.15) is 33.1 Å². The molecule has 2 rings (SSSR count). The molecule has 0 bridgehead atoms. The van der Waals surface area contributed by atoms with Crippen LogP contribution >= 0.6 is 0 Å². The Morgan fingerprint density at radius 3 is 2.36 bits per heavy atom. The number of hydrogen-bond donors (Lipinski definition) is 1. The topological polar surface area (TPSA) is 58.6 Å². The van der Waals surface area contributed by atoms with Crippen molar-refractivity contribution >= 4 is 11.9 Å². The van der Waals surface area contributed by atoms with Crippen LogP contribution in [0.3, 0.4) is 0 Å². The molecule has 0 saturated carbocycles. The molecular formula is C16H21FN2O3. The molecule has 0 atom stereocenters. The zero-order valence-electron chi connectivity index (χ0n) is 12.9. The first-order chi connectivity index (χ1) is 10.5. The van der Waals surface area contributed by atoms with E-state index in [1.165, 1.54) is 17.0 Å². The summed E-state index contributed by atoms with van der Waals surface area (Å²) in [5.41, 5.74) is -0.755. The van der Waals surface area contributed by atoms with E-state index in [-0.39, 0.29) is 17.8 Å². The normalized spacial score (nSPS) is 16.8. The molecular weight excluding hydrogens is 287 g/mol. The fourth-order valence-corrected chi connectivity index (χ4v) is 2.55. The molecule has 3 amide bonds. The lowest BCUT2D eigenvalue weighted by atomic mass is 9.93. The molecule has 6 heteroatoms. The second kappa shape index (κ2) is 6.77. The van der Waals surface area contributed by atoms with Gasteiger partial charge in [-0.3, -0.25) is 9.69 Å². The minimum absolute atomic E-state index is 0.163. The van der Waals surface area contributed by atoms with E-state index in [1.54, 1.807) is 12.1 Å². The maximum Gasteiger partial charge on any atom is 0.325 e. The molecule has 0 unspecified atom stereocenters. The van der Waals surface area contributed by atoms with E-state index in [4.69, 9.17) is 4.74 Å². The van der Waals surface area contributed by atoms with Gasteiger partial charge in [-0.25, -0.2) is 9.18 Å². The molecule has 1 aromatic rings. The fraction of sp³-hybridized carbons (Fsp3) is 0.500. The molecule has 22 heavy (non-hydrogen) atoms. The summed E-state index contributed by atoms with van der Waals surface area (Å²) in [6.07, 6.45) is 1.69. The van der Waals surface area contributed by atoms with Crippen molar-refractivity contribution in [2.24, 2.45) is 0 Å². The average Bonchev–Trinajstić information content (AvgIpc) is 2.77. The molecule has 1 N–H and O–H groups in total. The van der Waals surface area contributed by atoms with Crippen molar-refractivity contribution in [1.82, 2.24) is 10.2 Å². The minimum atomic E-state index is -0.755. The van der Waals surface area contributed by atoms with Crippen molar-refractivity contribution in [1.29, 1.82) is 0 Å². The lowest BCUT2D eigenvalue weighted by Gasteiger charge is -2.23. The number of amides is 3. The maximum atomic E-state index is 12.8. The number of benzene rings is 1. The van der Waals surface area contributed by atoms with E-state index in [2.05, 4.69) is 5.32 Å². The first-order valence-electron chi connectivity index (χ1n) is 7.55. The number of nitrogens with zero attached hydrogens (tertiary/aromatic N) is 1. The monoisotopic (exact) mass is 308 g/mol. The van der Waals surface area contributed by atoms with Crippen LogP contribution in [0.25, 0.3) is 0 Å². The molecule has 1 aliphatic rings. The Hall–Kier alpha value is -2.11. The highest BCUT2D eigenvalue weighted by atomic mass is 19.1. The van der Waals surface area contributed by atoms with Gasteiger partial charge in [-0.15, -0.1) is 0 Å². The van der Waals surface area contributed by atoms with E-state index in [0.29, 0.717) is 38.2 Å². The van der Waals surface area contributed by atoms with Gasteiger partial charge in [0.2, 0.25) is 0 Å². The zero-order valence-corrected chi connectivity index (χ0v) is 12.9. The number of ether oxygens (including phenoxy) is 1. The van der Waals surface area contributed by atoms with E-state index in [0.717, 1.165) is 0 Å². The van der Waals surface area contributed by atoms with E-state index < -0.39 is 5.54 Å². The number of urea groups is 1. The van der Waals surface area contributed by atoms with E-state index >= 15 is 0 Å². The number of rotatable bonds is 7. The summed E-state index contributed by atoms with van der Waals surface area (Å²) in [7, 11) is 0. The zero-order chi connectivity index (χ0) is 16.2. The summed E-state index contributed by atoms with van der Waals surface area (Å²) >= 11 is 0. The second-order valence-electron chi connectivity index (χ2n) is 5.33. The standard InChI is InChI=1S/C16H21FN2O3/c1-3-16(4-2)14(20)19(15(21)18-16)10-5-11-22-13-8-6-12(17)7-9-13/h6-9H,3-5,10-11H2,1-2H3,(H,18,21). The average molecular weight is 308 g/mol. The highest BCUT2D eigenvalue weighted by Gasteiger charge is 2.48. The second-order valence-corrected chi connectivity index (χ2v) is 5.33. The van der Waals surface area contributed by atoms with Crippen LogP contribution < -0.4 is 10.1 Å². The number of hydrogen-bond acceptors (Lipinski definition) is 3. The summed E-state index contributed by atoms with van der Waals surface area (Å²) in [5, 5.41) is 2.79. The quantitative estimate of drug-likeness (QED) is 0.622. The Balaban J connectivity index is 1.83. The third-order valence-electron chi connectivity index (χ3n) is 4.06. The molecule has 120 valence electrons. The van der Waals surface area contributed by atoms with Crippen molar-refractivity contribution in [3.8, 4) is 5.75 Å². The van der Waals surface area contributed by atoms with Gasteiger partial charge in [0.25, 0.3) is 5.91 Å². The first kappa shape index (κ1) is 16.3. The molecule has 0 radical (unpaired) electrons. The highest BCUT2D eigenvalue weighted by molar-refractivity contribution is 6.06. The predicted molar refractivity (Wildman–Crippen MR) is 80.1 cm³/mol. The Labute approximate surface area is 129 Å². The van der Waals surface area contributed by atoms with Crippen LogP contribution in [0.4, 0.5) is 9.18 Å². The molecule has 1 fully saturated rings. The number of halogens is 1. The molecule has 1 aromatic carbocycles. The van der Waals surface area contributed by atoms with Crippen LogP contribution in [-0.2, 0) is 4.79 Å². The SMILES string of the molecule is CCC1(CC)NC(=O)N(CCCOc2ccc(F)cc2)C1=O. The van der Waals surface area contributed by atoms with Gasteiger partial charge in [0.1, 0.15) is 17.1 Å². The maximum absolute atomic E-state index is 12.8. The number of carbonyl (C=O) groups excluding carboxylic acids is 2. The Bertz CT molecular complexity index is 541. The third-order valence-corrected chi connectivity index (χ3v) is 4.06. The summed E-state index contributed by atoms with van der Waals surface area (Å²) in [6.45, 7) is 4.45. The molecule has 0 aromatic heterocycles. The third kappa shape index (κ3) is 3.21. The smallest absolute Gasteiger partial charge is 0.325 e. The van der Waals surface area contributed by atoms with Gasteiger partial charge in [-0.05, 0) is 43.5 Å². The van der Waals surface area contributed by atoms with Crippen LogP contribution in [-0.4, -0.2) is 35.5 Å². The van der Waals surface area contributed by atoms with Gasteiger partial charge in [0, 0.05) is 6.54 Å². The summed E-state index contributed by atoms with van der Waals surface area (Å²) in [5.74, 6) is 0.0847. The predicted octanol–water partition coefficient (Wildman–Crippen LogP) is 2.71. The summed E-state index contributed by atoms with van der Waals surface area (Å²) in [6, 6.07) is 5.40. The summed E-state index contributed by atoms with van der Waals surface area (Å²) < 4.78 is 18.2. The van der Waals surface area contributed by atoms with Crippen LogP contribution in [0.2, 0.25) is 0 Å². The van der Waals surface area contributed by atoms with Gasteiger partial charge in [-0.1, -0.05) is 13.8 Å². The van der Waals surface area contributed by atoms with Crippen LogP contribution in [0.15, 0.2) is 24.3 Å². The van der Waals surface area contributed by atoms with Gasteiger partial charge < -0.3 is 10.1 Å². The molecule has 1 aliphatic heterocycles. The largest absolute Gasteiger partial charge is 0.494 e. The van der Waals surface area contributed by atoms with Crippen LogP contribution in [0.5, 0.6) is 5.75 Å². The molecule has 5 nitrogen and oxygen atoms in total. The van der Waals surface area contributed by atoms with Gasteiger partial charge in [-0.2, -0.15) is 0 Å². The minimum Gasteiger partial charge on any atom is -0.494 e. The van der Waals surface area contributed by atoms with Crippen molar-refractivity contribution in [3.63, 3.8) is 0 Å². The van der Waals surface area contributed by atoms with Crippen molar-refractivity contribution in [3.05, 3.63) is 30.1 Å². The van der Waals surface area contributed by atoms with Gasteiger partial charge in [0.15, 0.2) is 0 Å². The summed E-state index contributed by atoms with van der Waals surface area (Å²) in [4.78, 5) is 25.5. The molecule has 1 saturated heterocycles. The fourth-order valence-electron chi connectivity index (χ4n) is 2.55.